The molecular formula is C6H5Cl2NS. The first-order valence-electron chi connectivity index (χ1n) is 2.56. The molecule has 0 saturated heterocycles. The van der Waals surface area contributed by atoms with E-state index in [1.165, 1.54) is 0 Å². The predicted octanol–water partition coefficient (Wildman–Crippen LogP) is 2.96. The molecule has 2 N–H and O–H groups in total. The van der Waals surface area contributed by atoms with Crippen LogP contribution in [0.1, 0.15) is 0 Å². The molecule has 0 saturated carbocycles. The summed E-state index contributed by atoms with van der Waals surface area (Å²) in [6, 6.07) is 5.18. The van der Waals surface area contributed by atoms with Gasteiger partial charge in [-0.1, -0.05) is 23.2 Å². The molecule has 0 aliphatic carbocycles. The highest BCUT2D eigenvalue weighted by Gasteiger charge is 1.98. The number of hydrogen-bond donors (Lipinski definition) is 1. The topological polar surface area (TPSA) is 26.0 Å². The Kier molecular flexibility index (Phi) is 2.86. The van der Waals surface area contributed by atoms with Crippen LogP contribution in [-0.2, 0) is 0 Å². The molecule has 0 atom stereocenters. The molecule has 0 aliphatic heterocycles. The normalized spacial score (nSPS) is 9.90. The molecule has 10 heavy (non-hydrogen) atoms. The lowest BCUT2D eigenvalue weighted by molar-refractivity contribution is 1.46. The van der Waals surface area contributed by atoms with E-state index in [4.69, 9.17) is 28.3 Å². The van der Waals surface area contributed by atoms with Crippen LogP contribution >= 0.6 is 35.1 Å². The molecule has 0 unspecified atom stereocenters. The van der Waals surface area contributed by atoms with Crippen LogP contribution < -0.4 is 5.14 Å². The highest BCUT2D eigenvalue weighted by atomic mass is 35.5. The van der Waals surface area contributed by atoms with E-state index in [0.717, 1.165) is 16.8 Å². The molecule has 1 aromatic carbocycles. The highest BCUT2D eigenvalue weighted by molar-refractivity contribution is 7.97. The summed E-state index contributed by atoms with van der Waals surface area (Å²) in [4.78, 5) is 0.800. The first-order valence-corrected chi connectivity index (χ1v) is 4.19. The first-order chi connectivity index (χ1) is 4.74. The summed E-state index contributed by atoms with van der Waals surface area (Å²) in [5.74, 6) is 0. The Hall–Kier alpha value is 0.110. The second-order valence-corrected chi connectivity index (χ2v) is 3.21. The van der Waals surface area contributed by atoms with Crippen molar-refractivity contribution in [3.8, 4) is 0 Å². The third kappa shape index (κ3) is 1.80. The average molecular weight is 194 g/mol. The van der Waals surface area contributed by atoms with Gasteiger partial charge in [0.25, 0.3) is 0 Å². The largest absolute Gasteiger partial charge is 0.274 e. The summed E-state index contributed by atoms with van der Waals surface area (Å²) in [5, 5.41) is 6.58. The maximum atomic E-state index is 5.74. The van der Waals surface area contributed by atoms with Crippen LogP contribution in [0.25, 0.3) is 0 Å². The van der Waals surface area contributed by atoms with Crippen LogP contribution in [0.4, 0.5) is 0 Å². The smallest absolute Gasteiger partial charge is 0.0555 e. The number of rotatable bonds is 1. The quantitative estimate of drug-likeness (QED) is 0.695. The summed E-state index contributed by atoms with van der Waals surface area (Å²) in [6.45, 7) is 0. The lowest BCUT2D eigenvalue weighted by Crippen LogP contribution is -1.80. The van der Waals surface area contributed by atoms with Crippen molar-refractivity contribution in [2.75, 3.05) is 0 Å². The Bertz CT molecular complexity index is 239. The number of halogens is 2. The molecule has 1 nitrogen and oxygen atoms in total. The molecule has 0 bridgehead atoms. The summed E-state index contributed by atoms with van der Waals surface area (Å²) in [6.07, 6.45) is 0. The van der Waals surface area contributed by atoms with Gasteiger partial charge in [0.2, 0.25) is 0 Å². The molecule has 0 aliphatic rings. The van der Waals surface area contributed by atoms with Crippen molar-refractivity contribution in [2.24, 2.45) is 5.14 Å². The van der Waals surface area contributed by atoms with E-state index in [1.807, 2.05) is 0 Å². The number of benzene rings is 1. The fourth-order valence-corrected chi connectivity index (χ4v) is 1.43. The number of nitrogens with two attached hydrogens (primary N) is 1. The van der Waals surface area contributed by atoms with Gasteiger partial charge in [0.05, 0.1) is 5.02 Å². The van der Waals surface area contributed by atoms with Gasteiger partial charge in [0.15, 0.2) is 0 Å². The van der Waals surface area contributed by atoms with E-state index in [-0.39, 0.29) is 0 Å². The Labute approximate surface area is 73.6 Å². The van der Waals surface area contributed by atoms with Gasteiger partial charge < -0.3 is 0 Å². The van der Waals surface area contributed by atoms with Crippen LogP contribution in [0.15, 0.2) is 23.1 Å². The Morgan fingerprint density at radius 1 is 1.30 bits per heavy atom. The molecule has 1 aromatic rings. The lowest BCUT2D eigenvalue weighted by Gasteiger charge is -1.98. The van der Waals surface area contributed by atoms with Gasteiger partial charge in [0, 0.05) is 9.92 Å². The Morgan fingerprint density at radius 2 is 2.00 bits per heavy atom. The minimum atomic E-state index is 0.636. The van der Waals surface area contributed by atoms with Crippen molar-refractivity contribution < 1.29 is 0 Å². The van der Waals surface area contributed by atoms with Crippen molar-refractivity contribution in [2.45, 2.75) is 4.90 Å². The van der Waals surface area contributed by atoms with Gasteiger partial charge in [0.1, 0.15) is 0 Å². The summed E-state index contributed by atoms with van der Waals surface area (Å²) in [7, 11) is 0. The first kappa shape index (κ1) is 8.21. The van der Waals surface area contributed by atoms with Crippen molar-refractivity contribution in [1.82, 2.24) is 0 Å². The maximum absolute atomic E-state index is 5.74. The SMILES string of the molecule is NSc1cc(Cl)ccc1Cl. The average Bonchev–Trinajstić information content (AvgIpc) is 1.94. The highest BCUT2D eigenvalue weighted by Crippen LogP contribution is 2.26. The second-order valence-electron chi connectivity index (χ2n) is 1.69. The summed E-state index contributed by atoms with van der Waals surface area (Å²) < 4.78 is 0. The van der Waals surface area contributed by atoms with E-state index >= 15 is 0 Å². The standard InChI is InChI=1S/C6H5Cl2NS/c7-4-1-2-5(8)6(3-4)10-9/h1-3H,9H2. The van der Waals surface area contributed by atoms with Crippen molar-refractivity contribution in [3.05, 3.63) is 28.2 Å². The zero-order valence-electron chi connectivity index (χ0n) is 4.97. The van der Waals surface area contributed by atoms with E-state index in [1.54, 1.807) is 18.2 Å². The molecule has 4 heteroatoms. The van der Waals surface area contributed by atoms with E-state index < -0.39 is 0 Å². The molecular weight excluding hydrogens is 189 g/mol. The van der Waals surface area contributed by atoms with E-state index in [9.17, 15) is 0 Å². The second kappa shape index (κ2) is 3.49. The monoisotopic (exact) mass is 193 g/mol. The fourth-order valence-electron chi connectivity index (χ4n) is 0.568. The maximum Gasteiger partial charge on any atom is 0.0555 e. The van der Waals surface area contributed by atoms with Crippen molar-refractivity contribution in [1.29, 1.82) is 0 Å². The van der Waals surface area contributed by atoms with Gasteiger partial charge in [-0.25, -0.2) is 0 Å². The number of hydrogen-bond acceptors (Lipinski definition) is 2. The van der Waals surface area contributed by atoms with Gasteiger partial charge in [-0.3, -0.25) is 5.14 Å². The molecule has 0 heterocycles. The Balaban J connectivity index is 3.09. The predicted molar refractivity (Wildman–Crippen MR) is 46.5 cm³/mol. The van der Waals surface area contributed by atoms with Crippen LogP contribution in [-0.4, -0.2) is 0 Å². The lowest BCUT2D eigenvalue weighted by atomic mass is 10.4. The van der Waals surface area contributed by atoms with Crippen molar-refractivity contribution in [3.63, 3.8) is 0 Å². The van der Waals surface area contributed by atoms with Gasteiger partial charge in [-0.15, -0.1) is 0 Å². The zero-order valence-corrected chi connectivity index (χ0v) is 7.30. The molecule has 0 radical (unpaired) electrons. The minimum Gasteiger partial charge on any atom is -0.274 e. The molecule has 0 spiro atoms. The van der Waals surface area contributed by atoms with Crippen molar-refractivity contribution >= 4 is 35.1 Å². The molecule has 54 valence electrons. The Morgan fingerprint density at radius 3 is 2.50 bits per heavy atom. The molecule has 0 amide bonds. The van der Waals surface area contributed by atoms with Gasteiger partial charge in [-0.2, -0.15) is 0 Å². The van der Waals surface area contributed by atoms with Crippen LogP contribution in [0.2, 0.25) is 10.0 Å². The third-order valence-electron chi connectivity index (χ3n) is 1.02. The molecule has 0 aromatic heterocycles. The summed E-state index contributed by atoms with van der Waals surface area (Å²) >= 11 is 12.5. The third-order valence-corrected chi connectivity index (χ3v) is 2.29. The fraction of sp³-hybridized carbons (Fsp3) is 0. The van der Waals surface area contributed by atoms with Gasteiger partial charge >= 0.3 is 0 Å². The van der Waals surface area contributed by atoms with Crippen LogP contribution in [0.3, 0.4) is 0 Å². The molecule has 1 rings (SSSR count). The molecule has 0 fully saturated rings. The van der Waals surface area contributed by atoms with Gasteiger partial charge in [-0.05, 0) is 30.1 Å². The van der Waals surface area contributed by atoms with Crippen LogP contribution in [0, 0.1) is 0 Å². The summed E-state index contributed by atoms with van der Waals surface area (Å²) in [5.41, 5.74) is 0. The van der Waals surface area contributed by atoms with E-state index in [2.05, 4.69) is 0 Å². The van der Waals surface area contributed by atoms with E-state index in [0.29, 0.717) is 10.0 Å². The van der Waals surface area contributed by atoms with Crippen LogP contribution in [0.5, 0.6) is 0 Å². The zero-order chi connectivity index (χ0) is 7.56. The minimum absolute atomic E-state index is 0.636.